The summed E-state index contributed by atoms with van der Waals surface area (Å²) in [7, 11) is 0. The van der Waals surface area contributed by atoms with Gasteiger partial charge in [-0.1, -0.05) is 100 Å². The van der Waals surface area contributed by atoms with Gasteiger partial charge in [-0.15, -0.1) is 0 Å². The zero-order valence-electron chi connectivity index (χ0n) is 31.4. The predicted molar refractivity (Wildman–Crippen MR) is 206 cm³/mol. The number of nitrogens with one attached hydrogen (secondary N) is 5. The SMILES string of the molecule is CC(C)C[C@@H](NC(=O)/C=C/c1cccc(O)c1)C(=O)N[C@@H](C(=O)N[C@H](Cc1ccccc1)C(=O)N[C@H](Cc1ccccc1)C(=O)N[C@H](C)C(N)=O)C(C)C. The first-order valence-corrected chi connectivity index (χ1v) is 18.0. The Morgan fingerprint density at radius 1 is 0.630 bits per heavy atom. The number of rotatable bonds is 19. The number of phenolic OH excluding ortho intramolecular Hbond substituents is 1. The molecular weight excluding hydrogens is 688 g/mol. The summed E-state index contributed by atoms with van der Waals surface area (Å²) in [5.41, 5.74) is 7.43. The molecule has 3 aromatic rings. The zero-order chi connectivity index (χ0) is 39.8. The van der Waals surface area contributed by atoms with Gasteiger partial charge in [-0.3, -0.25) is 28.8 Å². The maximum absolute atomic E-state index is 14.0. The molecule has 0 aliphatic heterocycles. The van der Waals surface area contributed by atoms with Crippen molar-refractivity contribution in [3.63, 3.8) is 0 Å². The number of aromatic hydroxyl groups is 1. The lowest BCUT2D eigenvalue weighted by molar-refractivity contribution is -0.135. The van der Waals surface area contributed by atoms with Crippen molar-refractivity contribution in [3.05, 3.63) is 108 Å². The molecule has 0 heterocycles. The highest BCUT2D eigenvalue weighted by Gasteiger charge is 2.33. The third-order valence-electron chi connectivity index (χ3n) is 8.50. The molecule has 0 unspecified atom stereocenters. The first-order chi connectivity index (χ1) is 25.6. The molecule has 6 amide bonds. The van der Waals surface area contributed by atoms with E-state index in [0.717, 1.165) is 11.1 Å². The van der Waals surface area contributed by atoms with Crippen molar-refractivity contribution in [1.82, 2.24) is 26.6 Å². The molecule has 0 aliphatic carbocycles. The highest BCUT2D eigenvalue weighted by molar-refractivity contribution is 5.98. The van der Waals surface area contributed by atoms with E-state index in [1.165, 1.54) is 31.2 Å². The summed E-state index contributed by atoms with van der Waals surface area (Å²) in [6.07, 6.45) is 3.20. The molecule has 8 N–H and O–H groups in total. The Bertz CT molecular complexity index is 1760. The number of hydrogen-bond donors (Lipinski definition) is 7. The van der Waals surface area contributed by atoms with Gasteiger partial charge in [-0.25, -0.2) is 0 Å². The van der Waals surface area contributed by atoms with Gasteiger partial charge in [-0.05, 0) is 60.1 Å². The van der Waals surface area contributed by atoms with Gasteiger partial charge in [0, 0.05) is 18.9 Å². The van der Waals surface area contributed by atoms with Gasteiger partial charge in [-0.2, -0.15) is 0 Å². The number of carbonyl (C=O) groups excluding carboxylic acids is 6. The van der Waals surface area contributed by atoms with Gasteiger partial charge in [0.2, 0.25) is 35.4 Å². The van der Waals surface area contributed by atoms with Crippen LogP contribution in [-0.2, 0) is 41.6 Å². The molecule has 54 heavy (non-hydrogen) atoms. The molecular formula is C41H52N6O7. The van der Waals surface area contributed by atoms with Crippen LogP contribution in [0.3, 0.4) is 0 Å². The number of amides is 6. The van der Waals surface area contributed by atoms with Gasteiger partial charge in [0.05, 0.1) is 0 Å². The average molecular weight is 741 g/mol. The van der Waals surface area contributed by atoms with Gasteiger partial charge < -0.3 is 37.4 Å². The Balaban J connectivity index is 1.83. The minimum atomic E-state index is -1.17. The van der Waals surface area contributed by atoms with E-state index >= 15 is 0 Å². The summed E-state index contributed by atoms with van der Waals surface area (Å²) in [6.45, 7) is 8.71. The summed E-state index contributed by atoms with van der Waals surface area (Å²) in [5.74, 6) is -4.17. The maximum atomic E-state index is 14.0. The summed E-state index contributed by atoms with van der Waals surface area (Å²) in [6, 6.07) is 19.0. The summed E-state index contributed by atoms with van der Waals surface area (Å²) in [5, 5.41) is 23.3. The molecule has 0 saturated heterocycles. The molecule has 13 nitrogen and oxygen atoms in total. The molecule has 288 valence electrons. The molecule has 0 spiro atoms. The number of primary amides is 1. The van der Waals surface area contributed by atoms with E-state index in [1.807, 2.05) is 26.0 Å². The lowest BCUT2D eigenvalue weighted by Gasteiger charge is -2.28. The van der Waals surface area contributed by atoms with Gasteiger partial charge in [0.25, 0.3) is 0 Å². The Morgan fingerprint density at radius 3 is 1.65 bits per heavy atom. The van der Waals surface area contributed by atoms with Crippen LogP contribution >= 0.6 is 0 Å². The van der Waals surface area contributed by atoms with Crippen molar-refractivity contribution in [2.24, 2.45) is 17.6 Å². The molecule has 0 radical (unpaired) electrons. The Hall–Kier alpha value is -5.98. The Morgan fingerprint density at radius 2 is 1.15 bits per heavy atom. The maximum Gasteiger partial charge on any atom is 0.244 e. The third kappa shape index (κ3) is 14.2. The highest BCUT2D eigenvalue weighted by atomic mass is 16.3. The van der Waals surface area contributed by atoms with Crippen LogP contribution in [0.5, 0.6) is 5.75 Å². The Labute approximate surface area is 316 Å². The van der Waals surface area contributed by atoms with Gasteiger partial charge in [0.15, 0.2) is 0 Å². The monoisotopic (exact) mass is 740 g/mol. The molecule has 13 heteroatoms. The van der Waals surface area contributed by atoms with E-state index < -0.39 is 71.6 Å². The topological polar surface area (TPSA) is 209 Å². The van der Waals surface area contributed by atoms with Crippen LogP contribution in [-0.4, -0.2) is 70.8 Å². The van der Waals surface area contributed by atoms with Crippen LogP contribution < -0.4 is 32.3 Å². The second-order valence-electron chi connectivity index (χ2n) is 14.0. The van der Waals surface area contributed by atoms with Gasteiger partial charge in [0.1, 0.15) is 36.0 Å². The van der Waals surface area contributed by atoms with E-state index in [1.54, 1.807) is 74.5 Å². The van der Waals surface area contributed by atoms with E-state index in [-0.39, 0.29) is 30.9 Å². The van der Waals surface area contributed by atoms with Crippen LogP contribution in [0.25, 0.3) is 6.08 Å². The van der Waals surface area contributed by atoms with Crippen molar-refractivity contribution in [1.29, 1.82) is 0 Å². The summed E-state index contributed by atoms with van der Waals surface area (Å²) in [4.78, 5) is 79.6. The van der Waals surface area contributed by atoms with Crippen molar-refractivity contribution in [3.8, 4) is 5.75 Å². The zero-order valence-corrected chi connectivity index (χ0v) is 31.4. The first kappa shape index (κ1) is 42.4. The number of carbonyl (C=O) groups is 6. The van der Waals surface area contributed by atoms with Gasteiger partial charge >= 0.3 is 0 Å². The number of nitrogens with two attached hydrogens (primary N) is 1. The molecule has 0 saturated carbocycles. The second kappa shape index (κ2) is 20.9. The smallest absolute Gasteiger partial charge is 0.244 e. The summed E-state index contributed by atoms with van der Waals surface area (Å²) < 4.78 is 0. The highest BCUT2D eigenvalue weighted by Crippen LogP contribution is 2.13. The van der Waals surface area contributed by atoms with E-state index in [2.05, 4.69) is 26.6 Å². The Kier molecular flexibility index (Phi) is 16.4. The summed E-state index contributed by atoms with van der Waals surface area (Å²) >= 11 is 0. The van der Waals surface area contributed by atoms with Crippen LogP contribution in [0.15, 0.2) is 91.0 Å². The first-order valence-electron chi connectivity index (χ1n) is 18.0. The predicted octanol–water partition coefficient (Wildman–Crippen LogP) is 2.52. The van der Waals surface area contributed by atoms with Crippen LogP contribution in [0.4, 0.5) is 0 Å². The molecule has 3 aromatic carbocycles. The molecule has 0 aliphatic rings. The van der Waals surface area contributed by atoms with E-state index in [0.29, 0.717) is 5.56 Å². The number of phenols is 1. The normalized spacial score (nSPS) is 14.0. The standard InChI is InChI=1S/C41H52N6O7/c1-25(2)21-32(44-35(49)20-19-30-17-12-18-31(48)22-30)40(53)47-36(26(3)4)41(54)46-34(24-29-15-10-7-11-16-29)39(52)45-33(23-28-13-8-6-9-14-28)38(51)43-27(5)37(42)50/h6-20,22,25-27,32-34,36,48H,21,23-24H2,1-5H3,(H2,42,50)(H,43,51)(H,44,49)(H,45,52)(H,46,54)(H,47,53)/b20-19+/t27-,32-,33-,34-,36-/m1/s1. The molecule has 3 rings (SSSR count). The average Bonchev–Trinajstić information content (AvgIpc) is 3.12. The van der Waals surface area contributed by atoms with E-state index in [4.69, 9.17) is 5.73 Å². The lowest BCUT2D eigenvalue weighted by atomic mass is 9.98. The fourth-order valence-corrected chi connectivity index (χ4v) is 5.55. The fraction of sp³-hybridized carbons (Fsp3) is 0.366. The quantitative estimate of drug-likeness (QED) is 0.0913. The third-order valence-corrected chi connectivity index (χ3v) is 8.50. The number of hydrogen-bond acceptors (Lipinski definition) is 7. The van der Waals surface area contributed by atoms with E-state index in [9.17, 15) is 33.9 Å². The van der Waals surface area contributed by atoms with Crippen LogP contribution in [0.2, 0.25) is 0 Å². The minimum absolute atomic E-state index is 0.00775. The van der Waals surface area contributed by atoms with Crippen LogP contribution in [0.1, 0.15) is 57.7 Å². The molecule has 0 bridgehead atoms. The minimum Gasteiger partial charge on any atom is -0.508 e. The fourth-order valence-electron chi connectivity index (χ4n) is 5.55. The molecule has 0 aromatic heterocycles. The molecule has 5 atom stereocenters. The van der Waals surface area contributed by atoms with Crippen molar-refractivity contribution in [2.45, 2.75) is 84.1 Å². The largest absolute Gasteiger partial charge is 0.508 e. The van der Waals surface area contributed by atoms with Crippen molar-refractivity contribution >= 4 is 41.5 Å². The lowest BCUT2D eigenvalue weighted by Crippen LogP contribution is -2.60. The second-order valence-corrected chi connectivity index (χ2v) is 14.0. The molecule has 0 fully saturated rings. The van der Waals surface area contributed by atoms with Crippen LogP contribution in [0, 0.1) is 11.8 Å². The van der Waals surface area contributed by atoms with Crippen molar-refractivity contribution < 1.29 is 33.9 Å². The number of benzene rings is 3. The van der Waals surface area contributed by atoms with Crippen molar-refractivity contribution in [2.75, 3.05) is 0 Å².